The highest BCUT2D eigenvalue weighted by molar-refractivity contribution is 5.90. The van der Waals surface area contributed by atoms with Gasteiger partial charge in [0.1, 0.15) is 16.9 Å². The molecule has 4 aromatic rings. The lowest BCUT2D eigenvalue weighted by Crippen LogP contribution is -2.52. The molecular formula is C36H34O11. The van der Waals surface area contributed by atoms with Gasteiger partial charge in [0.25, 0.3) is 0 Å². The van der Waals surface area contributed by atoms with Gasteiger partial charge in [-0.15, -0.1) is 0 Å². The Morgan fingerprint density at radius 1 is 0.702 bits per heavy atom. The summed E-state index contributed by atoms with van der Waals surface area (Å²) in [5.41, 5.74) is -0.0866. The highest BCUT2D eigenvalue weighted by Gasteiger charge is 2.50. The van der Waals surface area contributed by atoms with Crippen molar-refractivity contribution < 1.29 is 47.2 Å². The van der Waals surface area contributed by atoms with Gasteiger partial charge in [0.2, 0.25) is 0 Å². The minimum Gasteiger partial charge on any atom is -0.493 e. The molecule has 244 valence electrons. The Bertz CT molecular complexity index is 1920. The molecule has 1 aliphatic rings. The molecule has 0 saturated heterocycles. The third kappa shape index (κ3) is 7.09. The number of hydrogen-bond acceptors (Lipinski definition) is 11. The van der Waals surface area contributed by atoms with Crippen LogP contribution >= 0.6 is 0 Å². The summed E-state index contributed by atoms with van der Waals surface area (Å²) in [6, 6.07) is 16.6. The zero-order valence-electron chi connectivity index (χ0n) is 26.7. The summed E-state index contributed by atoms with van der Waals surface area (Å²) in [4.78, 5) is 38.9. The third-order valence-corrected chi connectivity index (χ3v) is 7.53. The number of esters is 2. The summed E-state index contributed by atoms with van der Waals surface area (Å²) in [7, 11) is 6.08. The molecule has 2 heterocycles. The maximum atomic E-state index is 13.4. The van der Waals surface area contributed by atoms with Crippen molar-refractivity contribution in [3.8, 4) is 28.7 Å². The van der Waals surface area contributed by atoms with Gasteiger partial charge in [-0.3, -0.25) is 0 Å². The molecule has 0 bridgehead atoms. The highest BCUT2D eigenvalue weighted by atomic mass is 16.6. The number of carbonyl (C=O) groups is 2. The Hall–Kier alpha value is -5.71. The molecule has 47 heavy (non-hydrogen) atoms. The lowest BCUT2D eigenvalue weighted by molar-refractivity contribution is -0.184. The summed E-state index contributed by atoms with van der Waals surface area (Å²) in [5, 5.41) is 0.562. The first-order chi connectivity index (χ1) is 22.6. The number of hydrogen-bond donors (Lipinski definition) is 0. The second-order valence-electron chi connectivity index (χ2n) is 11.0. The normalized spacial score (nSPS) is 16.7. The van der Waals surface area contributed by atoms with Crippen LogP contribution in [0.15, 0.2) is 82.0 Å². The molecule has 0 unspecified atom stereocenters. The zero-order chi connectivity index (χ0) is 33.7. The first-order valence-corrected chi connectivity index (χ1v) is 14.5. The smallest absolute Gasteiger partial charge is 0.336 e. The Balaban J connectivity index is 1.49. The van der Waals surface area contributed by atoms with Crippen molar-refractivity contribution in [3.63, 3.8) is 0 Å². The molecule has 3 aromatic carbocycles. The molecule has 0 radical (unpaired) electrons. The summed E-state index contributed by atoms with van der Waals surface area (Å²) in [6.07, 6.45) is 3.20. The number of carbonyl (C=O) groups excluding carboxylic acids is 2. The fraction of sp³-hybridized carbons (Fsp3) is 0.250. The first-order valence-electron chi connectivity index (χ1n) is 14.5. The van der Waals surface area contributed by atoms with Crippen molar-refractivity contribution in [2.24, 2.45) is 0 Å². The van der Waals surface area contributed by atoms with E-state index in [1.54, 1.807) is 80.6 Å². The average Bonchev–Trinajstić information content (AvgIpc) is 3.06. The van der Waals surface area contributed by atoms with Gasteiger partial charge in [-0.05, 0) is 79.6 Å². The van der Waals surface area contributed by atoms with E-state index in [-0.39, 0.29) is 11.1 Å². The molecule has 0 saturated carbocycles. The van der Waals surface area contributed by atoms with Gasteiger partial charge in [0.15, 0.2) is 35.2 Å². The molecule has 1 aromatic heterocycles. The van der Waals surface area contributed by atoms with E-state index in [1.807, 2.05) is 0 Å². The number of ether oxygens (including phenoxy) is 7. The van der Waals surface area contributed by atoms with Gasteiger partial charge < -0.3 is 37.6 Å². The Morgan fingerprint density at radius 3 is 1.79 bits per heavy atom. The van der Waals surface area contributed by atoms with E-state index in [0.29, 0.717) is 45.3 Å². The van der Waals surface area contributed by atoms with Crippen LogP contribution in [0, 0.1) is 0 Å². The summed E-state index contributed by atoms with van der Waals surface area (Å²) in [6.45, 7) is 3.41. The van der Waals surface area contributed by atoms with E-state index in [4.69, 9.17) is 37.6 Å². The van der Waals surface area contributed by atoms with E-state index in [9.17, 15) is 14.4 Å². The van der Waals surface area contributed by atoms with Crippen LogP contribution in [0.4, 0.5) is 0 Å². The van der Waals surface area contributed by atoms with Gasteiger partial charge >= 0.3 is 17.6 Å². The SMILES string of the molecule is COc1ccc(/C=C/C(=O)O[C@@H]2c3c(ccc4ccc(=O)oc34)OC(C)(C)[C@@H]2OC(=O)/C=C/c2ccc(OC)c(OC)c2)cc1OC. The standard InChI is InChI=1S/C36H34O11/c1-36(2)35(46-31(39)17-10-22-8-14-25(41-4)28(20-22)43-6)34(32-26(47-36)15-11-23-12-18-30(38)44-33(23)32)45-29(37)16-9-21-7-13-24(40-3)27(19-21)42-5/h7-20,34-35H,1-6H3/b16-9+,17-10+/t34-,35-/m1/s1. The van der Waals surface area contributed by atoms with Crippen molar-refractivity contribution in [1.29, 1.82) is 0 Å². The number of fused-ring (bicyclic) bond motifs is 3. The molecule has 1 aliphatic heterocycles. The summed E-state index contributed by atoms with van der Waals surface area (Å²) >= 11 is 0. The van der Waals surface area contributed by atoms with Gasteiger partial charge in [-0.2, -0.15) is 0 Å². The summed E-state index contributed by atoms with van der Waals surface area (Å²) in [5.74, 6) is 0.883. The molecule has 11 nitrogen and oxygen atoms in total. The molecule has 11 heteroatoms. The first kappa shape index (κ1) is 32.7. The quantitative estimate of drug-likeness (QED) is 0.116. The average molecular weight is 643 g/mol. The van der Waals surface area contributed by atoms with Crippen molar-refractivity contribution in [3.05, 3.63) is 99.9 Å². The second-order valence-corrected chi connectivity index (χ2v) is 11.0. The predicted molar refractivity (Wildman–Crippen MR) is 173 cm³/mol. The topological polar surface area (TPSA) is 129 Å². The number of rotatable bonds is 10. The van der Waals surface area contributed by atoms with E-state index < -0.39 is 35.4 Å². The van der Waals surface area contributed by atoms with Crippen molar-refractivity contribution in [2.75, 3.05) is 28.4 Å². The van der Waals surface area contributed by atoms with E-state index >= 15 is 0 Å². The second kappa shape index (κ2) is 13.7. The molecule has 0 N–H and O–H groups in total. The van der Waals surface area contributed by atoms with Gasteiger partial charge in [0, 0.05) is 23.6 Å². The monoisotopic (exact) mass is 642 g/mol. The minimum atomic E-state index is -1.22. The largest absolute Gasteiger partial charge is 0.493 e. The fourth-order valence-corrected chi connectivity index (χ4v) is 5.25. The van der Waals surface area contributed by atoms with Gasteiger partial charge in [-0.1, -0.05) is 12.1 Å². The molecule has 0 aliphatic carbocycles. The number of benzene rings is 3. The van der Waals surface area contributed by atoms with Crippen LogP contribution in [0.3, 0.4) is 0 Å². The fourth-order valence-electron chi connectivity index (χ4n) is 5.25. The zero-order valence-corrected chi connectivity index (χ0v) is 26.7. The van der Waals surface area contributed by atoms with Gasteiger partial charge in [-0.25, -0.2) is 14.4 Å². The number of methoxy groups -OCH3 is 4. The predicted octanol–water partition coefficient (Wildman–Crippen LogP) is 5.92. The van der Waals surface area contributed by atoms with E-state index in [2.05, 4.69) is 0 Å². The minimum absolute atomic E-state index is 0.147. The van der Waals surface area contributed by atoms with Crippen molar-refractivity contribution in [2.45, 2.75) is 31.7 Å². The third-order valence-electron chi connectivity index (χ3n) is 7.53. The van der Waals surface area contributed by atoms with Crippen LogP contribution < -0.4 is 29.3 Å². The highest BCUT2D eigenvalue weighted by Crippen LogP contribution is 2.46. The molecular weight excluding hydrogens is 608 g/mol. The van der Waals surface area contributed by atoms with E-state index in [1.165, 1.54) is 46.7 Å². The van der Waals surface area contributed by atoms with Crippen LogP contribution in [0.25, 0.3) is 23.1 Å². The molecule has 0 fully saturated rings. The van der Waals surface area contributed by atoms with Crippen LogP contribution in [-0.2, 0) is 19.1 Å². The Morgan fingerprint density at radius 2 is 1.23 bits per heavy atom. The molecule has 0 amide bonds. The lowest BCUT2D eigenvalue weighted by atomic mass is 9.87. The molecule has 0 spiro atoms. The van der Waals surface area contributed by atoms with Crippen LogP contribution in [0.1, 0.15) is 36.6 Å². The van der Waals surface area contributed by atoms with Crippen molar-refractivity contribution >= 4 is 35.1 Å². The Labute approximate surface area is 270 Å². The van der Waals surface area contributed by atoms with Crippen LogP contribution in [-0.4, -0.2) is 52.1 Å². The maximum absolute atomic E-state index is 13.4. The van der Waals surface area contributed by atoms with Gasteiger partial charge in [0.05, 0.1) is 34.0 Å². The van der Waals surface area contributed by atoms with E-state index in [0.717, 1.165) is 0 Å². The lowest BCUT2D eigenvalue weighted by Gasteiger charge is -2.43. The molecule has 2 atom stereocenters. The van der Waals surface area contributed by atoms with Crippen LogP contribution in [0.2, 0.25) is 0 Å². The molecule has 5 rings (SSSR count). The van der Waals surface area contributed by atoms with Crippen LogP contribution in [0.5, 0.6) is 28.7 Å². The maximum Gasteiger partial charge on any atom is 0.336 e. The Kier molecular flexibility index (Phi) is 9.55. The summed E-state index contributed by atoms with van der Waals surface area (Å²) < 4.78 is 45.0. The van der Waals surface area contributed by atoms with Crippen molar-refractivity contribution in [1.82, 2.24) is 0 Å².